The molecular formula is C44H26N2. The van der Waals surface area contributed by atoms with Gasteiger partial charge in [-0.3, -0.25) is 0 Å². The average Bonchev–Trinajstić information content (AvgIpc) is 3.45. The largest absolute Gasteiger partial charge is 0.309 e. The van der Waals surface area contributed by atoms with Gasteiger partial charge in [0.2, 0.25) is 0 Å². The van der Waals surface area contributed by atoms with E-state index in [9.17, 15) is 0 Å². The molecule has 9 aromatic rings. The normalized spacial score (nSPS) is 12.7. The molecule has 46 heavy (non-hydrogen) atoms. The first-order valence-electron chi connectivity index (χ1n) is 15.9. The topological polar surface area (TPSA) is 8.17 Å². The van der Waals surface area contributed by atoms with Crippen LogP contribution in [0.1, 0.15) is 0 Å². The summed E-state index contributed by atoms with van der Waals surface area (Å²) in [5.41, 5.74) is 15.0. The zero-order chi connectivity index (χ0) is 29.9. The van der Waals surface area contributed by atoms with Gasteiger partial charge in [0.05, 0.1) is 28.1 Å². The van der Waals surface area contributed by atoms with Crippen LogP contribution >= 0.6 is 0 Å². The predicted molar refractivity (Wildman–Crippen MR) is 194 cm³/mol. The van der Waals surface area contributed by atoms with Crippen LogP contribution in [0, 0.1) is 0 Å². The number of fused-ring (bicyclic) bond motifs is 8. The minimum atomic E-state index is 1.18. The van der Waals surface area contributed by atoms with E-state index >= 15 is 0 Å². The second-order valence-corrected chi connectivity index (χ2v) is 12.5. The van der Waals surface area contributed by atoms with Gasteiger partial charge in [0.15, 0.2) is 0 Å². The van der Waals surface area contributed by atoms with E-state index in [2.05, 4.69) is 167 Å². The van der Waals surface area contributed by atoms with E-state index in [0.29, 0.717) is 0 Å². The summed E-state index contributed by atoms with van der Waals surface area (Å²) in [6, 6.07) is 58.3. The molecule has 2 aliphatic rings. The van der Waals surface area contributed by atoms with Crippen molar-refractivity contribution in [2.45, 2.75) is 0 Å². The monoisotopic (exact) mass is 582 g/mol. The first-order valence-corrected chi connectivity index (χ1v) is 15.9. The Balaban J connectivity index is 1.18. The minimum absolute atomic E-state index is 1.18. The smallest absolute Gasteiger partial charge is 0.0625 e. The highest BCUT2D eigenvalue weighted by atomic mass is 15.2. The maximum Gasteiger partial charge on any atom is 0.0625 e. The molecule has 0 spiro atoms. The molecule has 2 aliphatic heterocycles. The summed E-state index contributed by atoms with van der Waals surface area (Å²) >= 11 is 0. The van der Waals surface area contributed by atoms with E-state index in [0.717, 1.165) is 0 Å². The molecule has 0 N–H and O–H groups in total. The molecule has 0 atom stereocenters. The highest BCUT2D eigenvalue weighted by Gasteiger charge is 2.33. The number of hydrogen-bond donors (Lipinski definition) is 0. The third-order valence-electron chi connectivity index (χ3n) is 10.2. The molecule has 3 heterocycles. The quantitative estimate of drug-likeness (QED) is 0.197. The van der Waals surface area contributed by atoms with Gasteiger partial charge in [-0.15, -0.1) is 0 Å². The number of rotatable bonds is 2. The number of hydrogen-bond acceptors (Lipinski definition) is 1. The molecule has 212 valence electrons. The molecule has 2 heteroatoms. The summed E-state index contributed by atoms with van der Waals surface area (Å²) in [6.45, 7) is 0. The summed E-state index contributed by atoms with van der Waals surface area (Å²) < 4.78 is 2.38. The third kappa shape index (κ3) is 3.05. The lowest BCUT2D eigenvalue weighted by Gasteiger charge is -2.39. The third-order valence-corrected chi connectivity index (χ3v) is 10.2. The highest BCUT2D eigenvalue weighted by Crippen LogP contribution is 2.59. The second kappa shape index (κ2) is 8.74. The minimum Gasteiger partial charge on any atom is -0.309 e. The van der Waals surface area contributed by atoms with Crippen LogP contribution in [0.25, 0.3) is 82.4 Å². The van der Waals surface area contributed by atoms with E-state index in [4.69, 9.17) is 0 Å². The SMILES string of the molecule is c1ccc(-n2c3ccccc3c3cc(-c4ccc5c(c4)N4c6cccc7cccc(c67)-c6ccc7cccc-5c7c64)ccc32)cc1. The van der Waals surface area contributed by atoms with Crippen molar-refractivity contribution < 1.29 is 0 Å². The molecule has 11 rings (SSSR count). The summed E-state index contributed by atoms with van der Waals surface area (Å²) in [4.78, 5) is 2.54. The second-order valence-electron chi connectivity index (χ2n) is 12.5. The number of nitrogens with zero attached hydrogens (tertiary/aromatic N) is 2. The van der Waals surface area contributed by atoms with Gasteiger partial charge in [-0.25, -0.2) is 0 Å². The van der Waals surface area contributed by atoms with Crippen molar-refractivity contribution in [1.82, 2.24) is 4.57 Å². The van der Waals surface area contributed by atoms with E-state index in [1.807, 2.05) is 0 Å². The number of benzene rings is 8. The Kier molecular flexibility index (Phi) is 4.61. The molecule has 0 saturated heterocycles. The molecular weight excluding hydrogens is 556 g/mol. The van der Waals surface area contributed by atoms with Crippen LogP contribution in [0.15, 0.2) is 158 Å². The van der Waals surface area contributed by atoms with Gasteiger partial charge in [0.25, 0.3) is 0 Å². The number of aromatic nitrogens is 1. The van der Waals surface area contributed by atoms with Gasteiger partial charge < -0.3 is 9.47 Å². The van der Waals surface area contributed by atoms with Crippen LogP contribution in [-0.2, 0) is 0 Å². The lowest BCUT2D eigenvalue weighted by molar-refractivity contribution is 1.18. The van der Waals surface area contributed by atoms with Crippen molar-refractivity contribution in [2.24, 2.45) is 0 Å². The van der Waals surface area contributed by atoms with Crippen LogP contribution in [0.3, 0.4) is 0 Å². The van der Waals surface area contributed by atoms with Crippen LogP contribution < -0.4 is 4.90 Å². The Labute approximate surface area is 266 Å². The van der Waals surface area contributed by atoms with Crippen molar-refractivity contribution in [2.75, 3.05) is 4.90 Å². The molecule has 0 unspecified atom stereocenters. The van der Waals surface area contributed by atoms with Gasteiger partial charge in [0, 0.05) is 38.4 Å². The van der Waals surface area contributed by atoms with Crippen LogP contribution in [0.4, 0.5) is 17.1 Å². The summed E-state index contributed by atoms with van der Waals surface area (Å²) in [5, 5.41) is 7.75. The van der Waals surface area contributed by atoms with E-state index in [1.165, 1.54) is 99.5 Å². The Morgan fingerprint density at radius 3 is 1.91 bits per heavy atom. The molecule has 0 aliphatic carbocycles. The molecule has 8 aromatic carbocycles. The zero-order valence-corrected chi connectivity index (χ0v) is 24.9. The maximum absolute atomic E-state index is 2.54. The van der Waals surface area contributed by atoms with Crippen LogP contribution in [0.2, 0.25) is 0 Å². The highest BCUT2D eigenvalue weighted by molar-refractivity contribution is 6.24. The summed E-state index contributed by atoms with van der Waals surface area (Å²) in [6.07, 6.45) is 0. The predicted octanol–water partition coefficient (Wildman–Crippen LogP) is 12.2. The van der Waals surface area contributed by atoms with Gasteiger partial charge in [0.1, 0.15) is 0 Å². The Bertz CT molecular complexity index is 2740. The molecule has 0 amide bonds. The molecule has 0 saturated carbocycles. The maximum atomic E-state index is 2.54. The first kappa shape index (κ1) is 24.2. The van der Waals surface area contributed by atoms with Crippen molar-refractivity contribution in [3.63, 3.8) is 0 Å². The molecule has 2 nitrogen and oxygen atoms in total. The molecule has 0 bridgehead atoms. The van der Waals surface area contributed by atoms with Crippen molar-refractivity contribution in [1.29, 1.82) is 0 Å². The van der Waals surface area contributed by atoms with Crippen molar-refractivity contribution in [3.05, 3.63) is 158 Å². The average molecular weight is 583 g/mol. The van der Waals surface area contributed by atoms with Crippen molar-refractivity contribution in [3.8, 4) is 39.1 Å². The fourth-order valence-corrected chi connectivity index (χ4v) is 8.27. The Morgan fingerprint density at radius 2 is 1.04 bits per heavy atom. The lowest BCUT2D eigenvalue weighted by atomic mass is 9.82. The Morgan fingerprint density at radius 1 is 0.370 bits per heavy atom. The van der Waals surface area contributed by atoms with Gasteiger partial charge in [-0.1, -0.05) is 115 Å². The van der Waals surface area contributed by atoms with E-state index < -0.39 is 0 Å². The lowest BCUT2D eigenvalue weighted by Crippen LogP contribution is -2.19. The molecule has 0 radical (unpaired) electrons. The fourth-order valence-electron chi connectivity index (χ4n) is 8.27. The Hall–Kier alpha value is -6.12. The van der Waals surface area contributed by atoms with Crippen LogP contribution in [-0.4, -0.2) is 4.57 Å². The number of anilines is 3. The zero-order valence-electron chi connectivity index (χ0n) is 24.9. The number of para-hydroxylation sites is 2. The van der Waals surface area contributed by atoms with Gasteiger partial charge >= 0.3 is 0 Å². The van der Waals surface area contributed by atoms with E-state index in [-0.39, 0.29) is 0 Å². The fraction of sp³-hybridized carbons (Fsp3) is 0. The van der Waals surface area contributed by atoms with Gasteiger partial charge in [-0.2, -0.15) is 0 Å². The first-order chi connectivity index (χ1) is 22.8. The summed E-state index contributed by atoms with van der Waals surface area (Å²) in [7, 11) is 0. The van der Waals surface area contributed by atoms with E-state index in [1.54, 1.807) is 0 Å². The molecule has 0 fully saturated rings. The molecule has 1 aromatic heterocycles. The standard InChI is InChI=1S/C44H26N2/c1-2-12-31(13-3-1)45-38-17-5-4-14-32(38)37-25-29(21-24-39(37)45)30-20-22-33-34-15-7-10-28-19-23-36-35-16-6-9-27-11-8-18-40(42(27)35)46(41(33)26-30)44(36)43(28)34/h1-26H. The van der Waals surface area contributed by atoms with Crippen molar-refractivity contribution >= 4 is 60.4 Å². The van der Waals surface area contributed by atoms with Gasteiger partial charge in [-0.05, 0) is 75.5 Å². The summed E-state index contributed by atoms with van der Waals surface area (Å²) in [5.74, 6) is 0. The van der Waals surface area contributed by atoms with Crippen LogP contribution in [0.5, 0.6) is 0 Å².